The summed E-state index contributed by atoms with van der Waals surface area (Å²) in [7, 11) is 0. The van der Waals surface area contributed by atoms with Gasteiger partial charge < -0.3 is 10.0 Å². The normalized spacial score (nSPS) is 18.1. The van der Waals surface area contributed by atoms with Crippen LogP contribution in [-0.4, -0.2) is 23.3 Å². The highest BCUT2D eigenvalue weighted by atomic mass is 32.1. The Bertz CT molecular complexity index is 1040. The molecule has 3 aromatic rings. The minimum atomic E-state index is -1.81. The van der Waals surface area contributed by atoms with Gasteiger partial charge >= 0.3 is 0 Å². The number of carbonyl (C=O) groups excluding carboxylic acids is 2. The maximum absolute atomic E-state index is 13.2. The van der Waals surface area contributed by atoms with Crippen LogP contribution < -0.4 is 4.90 Å². The lowest BCUT2D eigenvalue weighted by Gasteiger charge is -2.22. The predicted octanol–water partition coefficient (Wildman–Crippen LogP) is 4.50. The maximum Gasteiger partial charge on any atom is 0.264 e. The third kappa shape index (κ3) is 3.76. The second-order valence-corrected chi connectivity index (χ2v) is 8.72. The van der Waals surface area contributed by atoms with E-state index in [1.807, 2.05) is 43.3 Å². The molecule has 1 atom stereocenters. The van der Waals surface area contributed by atoms with Crippen molar-refractivity contribution in [3.05, 3.63) is 87.6 Å². The Hall–Kier alpha value is -2.76. The van der Waals surface area contributed by atoms with E-state index in [-0.39, 0.29) is 12.2 Å². The lowest BCUT2D eigenvalue weighted by atomic mass is 9.89. The fraction of sp³-hybridized carbons (Fsp3) is 0.250. The highest BCUT2D eigenvalue weighted by Crippen LogP contribution is 2.43. The van der Waals surface area contributed by atoms with E-state index in [9.17, 15) is 14.7 Å². The highest BCUT2D eigenvalue weighted by Gasteiger charge is 2.50. The third-order valence-corrected chi connectivity index (χ3v) is 6.40. The number of anilines is 1. The van der Waals surface area contributed by atoms with Crippen molar-refractivity contribution < 1.29 is 14.7 Å². The number of fused-ring (bicyclic) bond motifs is 1. The van der Waals surface area contributed by atoms with Gasteiger partial charge in [0.25, 0.3) is 5.91 Å². The number of Topliss-reactive ketones (excluding diaryl/α,β-unsaturated/α-hetero) is 1. The number of carbonyl (C=O) groups is 2. The minimum Gasteiger partial charge on any atom is -0.375 e. The number of amides is 1. The lowest BCUT2D eigenvalue weighted by Crippen LogP contribution is -2.42. The van der Waals surface area contributed by atoms with Gasteiger partial charge in [-0.1, -0.05) is 48.5 Å². The van der Waals surface area contributed by atoms with E-state index in [0.717, 1.165) is 17.7 Å². The van der Waals surface area contributed by atoms with Crippen LogP contribution in [-0.2, 0) is 16.8 Å². The van der Waals surface area contributed by atoms with E-state index in [1.165, 1.54) is 16.9 Å². The SMILES string of the molecule is Cc1ccc(C(=O)CC2(O)C(=O)N(CCCc3ccccc3)c3ccccc32)s1. The van der Waals surface area contributed by atoms with E-state index in [4.69, 9.17) is 0 Å². The summed E-state index contributed by atoms with van der Waals surface area (Å²) in [5, 5.41) is 11.3. The quantitative estimate of drug-likeness (QED) is 0.589. The Balaban J connectivity index is 1.54. The number of aryl methyl sites for hydroxylation is 2. The number of hydrogen-bond acceptors (Lipinski definition) is 4. The molecule has 2 aromatic carbocycles. The molecule has 29 heavy (non-hydrogen) atoms. The Labute approximate surface area is 174 Å². The van der Waals surface area contributed by atoms with E-state index in [2.05, 4.69) is 12.1 Å². The summed E-state index contributed by atoms with van der Waals surface area (Å²) in [5.41, 5.74) is 0.624. The van der Waals surface area contributed by atoms with Gasteiger partial charge in [-0.15, -0.1) is 11.3 Å². The third-order valence-electron chi connectivity index (χ3n) is 5.36. The van der Waals surface area contributed by atoms with Crippen molar-refractivity contribution >= 4 is 28.7 Å². The Kier molecular flexibility index (Phi) is 5.35. The zero-order chi connectivity index (χ0) is 20.4. The number of benzene rings is 2. The summed E-state index contributed by atoms with van der Waals surface area (Å²) in [5.74, 6) is -0.617. The van der Waals surface area contributed by atoms with Gasteiger partial charge in [-0.25, -0.2) is 0 Å². The van der Waals surface area contributed by atoms with Crippen molar-refractivity contribution in [3.63, 3.8) is 0 Å². The number of ketones is 1. The number of thiophene rings is 1. The fourth-order valence-electron chi connectivity index (χ4n) is 3.89. The van der Waals surface area contributed by atoms with Gasteiger partial charge in [-0.05, 0) is 43.5 Å². The zero-order valence-corrected chi connectivity index (χ0v) is 17.1. The molecule has 148 valence electrons. The van der Waals surface area contributed by atoms with Crippen LogP contribution in [0.5, 0.6) is 0 Å². The molecule has 5 heteroatoms. The standard InChI is InChI=1S/C24H23NO3S/c1-17-13-14-22(29-17)21(26)16-24(28)19-11-5-6-12-20(19)25(23(24)27)15-7-10-18-8-3-2-4-9-18/h2-6,8-9,11-14,28H,7,10,15-16H2,1H3. The van der Waals surface area contributed by atoms with Crippen molar-refractivity contribution in [1.82, 2.24) is 0 Å². The second-order valence-electron chi connectivity index (χ2n) is 7.43. The van der Waals surface area contributed by atoms with Crippen LogP contribution in [0.1, 0.15) is 38.5 Å². The van der Waals surface area contributed by atoms with Crippen LogP contribution in [0, 0.1) is 6.92 Å². The maximum atomic E-state index is 13.2. The first-order valence-corrected chi connectivity index (χ1v) is 10.6. The molecule has 4 rings (SSSR count). The number of hydrogen-bond donors (Lipinski definition) is 1. The van der Waals surface area contributed by atoms with E-state index < -0.39 is 11.5 Å². The first kappa shape index (κ1) is 19.6. The highest BCUT2D eigenvalue weighted by molar-refractivity contribution is 7.14. The second kappa shape index (κ2) is 7.93. The first-order chi connectivity index (χ1) is 14.0. The van der Waals surface area contributed by atoms with Gasteiger partial charge in [-0.3, -0.25) is 9.59 Å². The summed E-state index contributed by atoms with van der Waals surface area (Å²) in [6.45, 7) is 2.43. The summed E-state index contributed by atoms with van der Waals surface area (Å²) in [6.07, 6.45) is 1.38. The number of para-hydroxylation sites is 1. The van der Waals surface area contributed by atoms with Crippen molar-refractivity contribution in [2.75, 3.05) is 11.4 Å². The van der Waals surface area contributed by atoms with Gasteiger partial charge in [0.15, 0.2) is 11.4 Å². The summed E-state index contributed by atoms with van der Waals surface area (Å²) in [4.78, 5) is 29.2. The molecule has 0 saturated heterocycles. The van der Waals surface area contributed by atoms with Gasteiger partial charge in [0.05, 0.1) is 17.0 Å². The topological polar surface area (TPSA) is 57.6 Å². The van der Waals surface area contributed by atoms with E-state index in [0.29, 0.717) is 22.7 Å². The van der Waals surface area contributed by atoms with Gasteiger partial charge in [0.1, 0.15) is 0 Å². The number of rotatable bonds is 7. The van der Waals surface area contributed by atoms with E-state index in [1.54, 1.807) is 23.1 Å². The predicted molar refractivity (Wildman–Crippen MR) is 115 cm³/mol. The largest absolute Gasteiger partial charge is 0.375 e. The Morgan fingerprint density at radius 3 is 2.48 bits per heavy atom. The Morgan fingerprint density at radius 1 is 1.03 bits per heavy atom. The average Bonchev–Trinajstić information content (AvgIpc) is 3.25. The smallest absolute Gasteiger partial charge is 0.264 e. The minimum absolute atomic E-state index is 0.208. The van der Waals surface area contributed by atoms with Crippen LogP contribution in [0.2, 0.25) is 0 Å². The molecular weight excluding hydrogens is 382 g/mol. The van der Waals surface area contributed by atoms with Crippen LogP contribution in [0.3, 0.4) is 0 Å². The molecule has 1 aliphatic heterocycles. The van der Waals surface area contributed by atoms with Crippen LogP contribution in [0.4, 0.5) is 5.69 Å². The van der Waals surface area contributed by atoms with Crippen molar-refractivity contribution in [2.45, 2.75) is 31.8 Å². The van der Waals surface area contributed by atoms with Crippen LogP contribution >= 0.6 is 11.3 Å². The van der Waals surface area contributed by atoms with Crippen molar-refractivity contribution in [1.29, 1.82) is 0 Å². The summed E-state index contributed by atoms with van der Waals surface area (Å²) in [6, 6.07) is 21.0. The molecule has 0 fully saturated rings. The van der Waals surface area contributed by atoms with Gasteiger partial charge in [0.2, 0.25) is 0 Å². The molecule has 1 unspecified atom stereocenters. The van der Waals surface area contributed by atoms with E-state index >= 15 is 0 Å². The van der Waals surface area contributed by atoms with Crippen molar-refractivity contribution in [2.24, 2.45) is 0 Å². The van der Waals surface area contributed by atoms with Gasteiger partial charge in [-0.2, -0.15) is 0 Å². The lowest BCUT2D eigenvalue weighted by molar-refractivity contribution is -0.135. The number of aliphatic hydroxyl groups is 1. The van der Waals surface area contributed by atoms with Crippen LogP contribution in [0.25, 0.3) is 0 Å². The molecule has 0 saturated carbocycles. The van der Waals surface area contributed by atoms with Crippen molar-refractivity contribution in [3.8, 4) is 0 Å². The summed E-state index contributed by atoms with van der Waals surface area (Å²) < 4.78 is 0. The monoisotopic (exact) mass is 405 g/mol. The average molecular weight is 406 g/mol. The molecule has 1 aromatic heterocycles. The first-order valence-electron chi connectivity index (χ1n) is 9.76. The molecule has 2 heterocycles. The molecule has 1 N–H and O–H groups in total. The molecule has 0 spiro atoms. The zero-order valence-electron chi connectivity index (χ0n) is 16.3. The molecule has 1 aliphatic rings. The summed E-state index contributed by atoms with van der Waals surface area (Å²) >= 11 is 1.39. The molecule has 1 amide bonds. The molecule has 0 radical (unpaired) electrons. The number of nitrogens with zero attached hydrogens (tertiary/aromatic N) is 1. The molecular formula is C24H23NO3S. The van der Waals surface area contributed by atoms with Crippen LogP contribution in [0.15, 0.2) is 66.7 Å². The molecule has 0 bridgehead atoms. The van der Waals surface area contributed by atoms with Gasteiger partial charge in [0, 0.05) is 17.0 Å². The molecule has 4 nitrogen and oxygen atoms in total. The Morgan fingerprint density at radius 2 is 1.76 bits per heavy atom. The fourth-order valence-corrected chi connectivity index (χ4v) is 4.69. The molecule has 0 aliphatic carbocycles.